The number of aromatic amines is 1. The molecule has 4 rings (SSSR count). The van der Waals surface area contributed by atoms with Crippen LogP contribution in [0.4, 0.5) is 11.4 Å². The highest BCUT2D eigenvalue weighted by Crippen LogP contribution is 2.34. The zero-order chi connectivity index (χ0) is 19.0. The molecule has 0 atom stereocenters. The van der Waals surface area contributed by atoms with Gasteiger partial charge in [0.05, 0.1) is 15.8 Å². The lowest BCUT2D eigenvalue weighted by molar-refractivity contribution is -0.384. The predicted octanol–water partition coefficient (Wildman–Crippen LogP) is 2.37. The molecular formula is C19H21N5O3. The van der Waals surface area contributed by atoms with Crippen molar-refractivity contribution in [3.05, 3.63) is 44.2 Å². The van der Waals surface area contributed by atoms with Gasteiger partial charge < -0.3 is 14.8 Å². The van der Waals surface area contributed by atoms with Crippen molar-refractivity contribution in [2.24, 2.45) is 0 Å². The average Bonchev–Trinajstić information content (AvgIpc) is 3.22. The summed E-state index contributed by atoms with van der Waals surface area (Å²) in [6.07, 6.45) is 5.85. The molecule has 2 fully saturated rings. The molecule has 1 aromatic carbocycles. The fraction of sp³-hybridized carbons (Fsp3) is 0.474. The lowest BCUT2D eigenvalue weighted by Gasteiger charge is -2.37. The number of nitrogens with one attached hydrogen (secondary N) is 1. The second-order valence-corrected chi connectivity index (χ2v) is 7.25. The minimum atomic E-state index is -0.478. The number of nitriles is 1. The van der Waals surface area contributed by atoms with Crippen molar-refractivity contribution in [1.29, 1.82) is 5.26 Å². The lowest BCUT2D eigenvalue weighted by Crippen LogP contribution is -2.44. The molecule has 2 aromatic rings. The molecule has 3 heterocycles. The molecule has 27 heavy (non-hydrogen) atoms. The van der Waals surface area contributed by atoms with Crippen LogP contribution in [-0.4, -0.2) is 47.0 Å². The quantitative estimate of drug-likeness (QED) is 0.659. The number of piperidine rings is 1. The highest BCUT2D eigenvalue weighted by atomic mass is 16.6. The number of nitrogens with zero attached hydrogens (tertiary/aromatic N) is 4. The molecule has 0 spiro atoms. The van der Waals surface area contributed by atoms with Crippen molar-refractivity contribution in [3.8, 4) is 6.07 Å². The van der Waals surface area contributed by atoms with E-state index in [0.29, 0.717) is 17.2 Å². The number of benzene rings is 1. The molecule has 2 saturated heterocycles. The Labute approximate surface area is 156 Å². The maximum Gasteiger partial charge on any atom is 0.293 e. The smallest absolute Gasteiger partial charge is 0.293 e. The van der Waals surface area contributed by atoms with E-state index in [1.54, 1.807) is 6.07 Å². The first kappa shape index (κ1) is 17.5. The van der Waals surface area contributed by atoms with Crippen molar-refractivity contribution >= 4 is 22.3 Å². The van der Waals surface area contributed by atoms with Crippen LogP contribution < -0.4 is 10.3 Å². The van der Waals surface area contributed by atoms with E-state index >= 15 is 0 Å². The normalized spacial score (nSPS) is 18.7. The lowest BCUT2D eigenvalue weighted by atomic mass is 10.0. The van der Waals surface area contributed by atoms with Gasteiger partial charge in [-0.1, -0.05) is 0 Å². The van der Waals surface area contributed by atoms with E-state index in [2.05, 4.69) is 9.88 Å². The van der Waals surface area contributed by atoms with Gasteiger partial charge in [0, 0.05) is 31.4 Å². The van der Waals surface area contributed by atoms with Crippen LogP contribution in [-0.2, 0) is 0 Å². The van der Waals surface area contributed by atoms with Crippen LogP contribution in [0, 0.1) is 21.4 Å². The molecule has 0 saturated carbocycles. The van der Waals surface area contributed by atoms with Crippen LogP contribution >= 0.6 is 0 Å². The monoisotopic (exact) mass is 367 g/mol. The Bertz CT molecular complexity index is 979. The summed E-state index contributed by atoms with van der Waals surface area (Å²) in [6.45, 7) is 3.83. The number of rotatable bonds is 3. The number of hydrogen-bond donors (Lipinski definition) is 1. The first-order valence-electron chi connectivity index (χ1n) is 9.31. The van der Waals surface area contributed by atoms with Crippen LogP contribution in [0.3, 0.4) is 0 Å². The topological polar surface area (TPSA) is 106 Å². The number of nitro groups is 1. The summed E-state index contributed by atoms with van der Waals surface area (Å²) in [5.41, 5.74) is 0.446. The van der Waals surface area contributed by atoms with E-state index in [1.807, 2.05) is 11.0 Å². The Morgan fingerprint density at radius 2 is 1.89 bits per heavy atom. The van der Waals surface area contributed by atoms with Crippen molar-refractivity contribution < 1.29 is 4.92 Å². The molecule has 0 bridgehead atoms. The third kappa shape index (κ3) is 3.15. The van der Waals surface area contributed by atoms with Crippen LogP contribution in [0.1, 0.15) is 31.2 Å². The number of H-pyrrole nitrogens is 1. The van der Waals surface area contributed by atoms with Gasteiger partial charge in [0.25, 0.3) is 5.69 Å². The molecule has 0 unspecified atom stereocenters. The molecule has 0 radical (unpaired) electrons. The minimum Gasteiger partial charge on any atom is -0.366 e. The van der Waals surface area contributed by atoms with Gasteiger partial charge in [0.15, 0.2) is 0 Å². The van der Waals surface area contributed by atoms with E-state index in [4.69, 9.17) is 5.26 Å². The molecule has 2 aliphatic rings. The third-order valence-electron chi connectivity index (χ3n) is 5.76. The van der Waals surface area contributed by atoms with Gasteiger partial charge >= 0.3 is 0 Å². The SMILES string of the molecule is N#Cc1c[nH]c2cc(N3CCC(N4CCCC4)CC3)c([N+](=O)[O-])cc2c1=O. The molecule has 1 aromatic heterocycles. The van der Waals surface area contributed by atoms with Crippen molar-refractivity contribution in [2.75, 3.05) is 31.1 Å². The van der Waals surface area contributed by atoms with Crippen LogP contribution in [0.5, 0.6) is 0 Å². The van der Waals surface area contributed by atoms with E-state index in [1.165, 1.54) is 25.1 Å². The van der Waals surface area contributed by atoms with Gasteiger partial charge in [-0.15, -0.1) is 0 Å². The standard InChI is InChI=1S/C19H21N5O3/c20-11-13-12-21-16-10-17(18(24(26)27)9-15(16)19(13)25)23-7-3-14(4-8-23)22-5-1-2-6-22/h9-10,12,14H,1-8H2,(H,21,25). The van der Waals surface area contributed by atoms with Gasteiger partial charge in [-0.05, 0) is 44.8 Å². The molecular weight excluding hydrogens is 346 g/mol. The summed E-state index contributed by atoms with van der Waals surface area (Å²) in [7, 11) is 0. The van der Waals surface area contributed by atoms with E-state index < -0.39 is 10.4 Å². The highest BCUT2D eigenvalue weighted by molar-refractivity contribution is 5.88. The number of aromatic nitrogens is 1. The molecule has 8 heteroatoms. The summed E-state index contributed by atoms with van der Waals surface area (Å²) in [5, 5.41) is 20.8. The first-order valence-corrected chi connectivity index (χ1v) is 9.31. The molecule has 140 valence electrons. The van der Waals surface area contributed by atoms with E-state index in [0.717, 1.165) is 39.0 Å². The van der Waals surface area contributed by atoms with Gasteiger partial charge in [-0.2, -0.15) is 5.26 Å². The Balaban J connectivity index is 1.67. The number of fused-ring (bicyclic) bond motifs is 1. The summed E-state index contributed by atoms with van der Waals surface area (Å²) in [5.74, 6) is 0. The van der Waals surface area contributed by atoms with Gasteiger partial charge in [0.1, 0.15) is 17.3 Å². The van der Waals surface area contributed by atoms with Crippen LogP contribution in [0.15, 0.2) is 23.1 Å². The number of nitro benzene ring substituents is 1. The Morgan fingerprint density at radius 3 is 2.52 bits per heavy atom. The van der Waals surface area contributed by atoms with Crippen molar-refractivity contribution in [3.63, 3.8) is 0 Å². The fourth-order valence-electron chi connectivity index (χ4n) is 4.31. The number of anilines is 1. The first-order chi connectivity index (χ1) is 13.1. The summed E-state index contributed by atoms with van der Waals surface area (Å²) >= 11 is 0. The van der Waals surface area contributed by atoms with Crippen molar-refractivity contribution in [1.82, 2.24) is 9.88 Å². The van der Waals surface area contributed by atoms with Crippen LogP contribution in [0.2, 0.25) is 0 Å². The largest absolute Gasteiger partial charge is 0.366 e. The fourth-order valence-corrected chi connectivity index (χ4v) is 4.31. The Morgan fingerprint density at radius 1 is 1.19 bits per heavy atom. The molecule has 8 nitrogen and oxygen atoms in total. The zero-order valence-corrected chi connectivity index (χ0v) is 15.0. The Kier molecular flexibility index (Phi) is 4.54. The van der Waals surface area contributed by atoms with Gasteiger partial charge in [-0.3, -0.25) is 14.9 Å². The molecule has 1 N–H and O–H groups in total. The second-order valence-electron chi connectivity index (χ2n) is 7.25. The molecule has 0 amide bonds. The van der Waals surface area contributed by atoms with Crippen molar-refractivity contribution in [2.45, 2.75) is 31.7 Å². The van der Waals surface area contributed by atoms with Gasteiger partial charge in [0.2, 0.25) is 5.43 Å². The predicted molar refractivity (Wildman–Crippen MR) is 102 cm³/mol. The van der Waals surface area contributed by atoms with Gasteiger partial charge in [-0.25, -0.2) is 0 Å². The maximum atomic E-state index is 12.3. The van der Waals surface area contributed by atoms with E-state index in [9.17, 15) is 14.9 Å². The second kappa shape index (κ2) is 7.00. The highest BCUT2D eigenvalue weighted by Gasteiger charge is 2.29. The molecule has 2 aliphatic heterocycles. The zero-order valence-electron chi connectivity index (χ0n) is 15.0. The summed E-state index contributed by atoms with van der Waals surface area (Å²) in [4.78, 5) is 31.0. The Hall–Kier alpha value is -2.92. The van der Waals surface area contributed by atoms with Crippen LogP contribution in [0.25, 0.3) is 10.9 Å². The third-order valence-corrected chi connectivity index (χ3v) is 5.76. The summed E-state index contributed by atoms with van der Waals surface area (Å²) in [6, 6.07) is 5.35. The molecule has 0 aliphatic carbocycles. The average molecular weight is 367 g/mol. The number of pyridine rings is 1. The number of hydrogen-bond acceptors (Lipinski definition) is 6. The number of likely N-dealkylation sites (tertiary alicyclic amines) is 1. The maximum absolute atomic E-state index is 12.3. The van der Waals surface area contributed by atoms with E-state index in [-0.39, 0.29) is 16.6 Å². The minimum absolute atomic E-state index is 0.0454. The summed E-state index contributed by atoms with van der Waals surface area (Å²) < 4.78 is 0.